The van der Waals surface area contributed by atoms with E-state index in [1.807, 2.05) is 12.1 Å². The Morgan fingerprint density at radius 1 is 1.14 bits per heavy atom. The second kappa shape index (κ2) is 7.03. The van der Waals surface area contributed by atoms with Crippen LogP contribution in [0.5, 0.6) is 0 Å². The highest BCUT2D eigenvalue weighted by atomic mass is 19.1. The molecule has 116 valence electrons. The van der Waals surface area contributed by atoms with Crippen LogP contribution in [0.25, 0.3) is 0 Å². The number of aryl methyl sites for hydroxylation is 1. The highest BCUT2D eigenvalue weighted by molar-refractivity contribution is 5.24. The Morgan fingerprint density at radius 3 is 2.73 bits per heavy atom. The van der Waals surface area contributed by atoms with Crippen LogP contribution in [0.1, 0.15) is 16.7 Å². The van der Waals surface area contributed by atoms with Crippen molar-refractivity contribution in [1.82, 2.24) is 10.2 Å². The molecule has 0 unspecified atom stereocenters. The van der Waals surface area contributed by atoms with E-state index < -0.39 is 0 Å². The Morgan fingerprint density at radius 2 is 1.95 bits per heavy atom. The van der Waals surface area contributed by atoms with Gasteiger partial charge in [-0.05, 0) is 36.1 Å². The van der Waals surface area contributed by atoms with Crippen molar-refractivity contribution in [2.75, 3.05) is 19.6 Å². The molecule has 1 fully saturated rings. The molecule has 0 aliphatic carbocycles. The summed E-state index contributed by atoms with van der Waals surface area (Å²) in [4.78, 5) is 2.47. The zero-order valence-corrected chi connectivity index (χ0v) is 13.1. The van der Waals surface area contributed by atoms with Gasteiger partial charge in [0.05, 0.1) is 0 Å². The van der Waals surface area contributed by atoms with Crippen LogP contribution >= 0.6 is 0 Å². The van der Waals surface area contributed by atoms with E-state index in [1.54, 1.807) is 13.0 Å². The van der Waals surface area contributed by atoms with Gasteiger partial charge in [-0.3, -0.25) is 4.90 Å². The van der Waals surface area contributed by atoms with Crippen molar-refractivity contribution in [2.45, 2.75) is 25.9 Å². The van der Waals surface area contributed by atoms with Crippen LogP contribution in [-0.2, 0) is 13.0 Å². The number of hydrogen-bond acceptors (Lipinski definition) is 2. The van der Waals surface area contributed by atoms with E-state index in [1.165, 1.54) is 5.56 Å². The first-order valence-corrected chi connectivity index (χ1v) is 7.95. The maximum Gasteiger partial charge on any atom is 0.126 e. The average molecular weight is 298 g/mol. The third kappa shape index (κ3) is 3.93. The van der Waals surface area contributed by atoms with Crippen LogP contribution < -0.4 is 5.32 Å². The van der Waals surface area contributed by atoms with Gasteiger partial charge in [-0.25, -0.2) is 4.39 Å². The second-order valence-electron chi connectivity index (χ2n) is 6.16. The normalized spacial score (nSPS) is 19.3. The first-order chi connectivity index (χ1) is 10.7. The Kier molecular flexibility index (Phi) is 4.86. The minimum atomic E-state index is -0.102. The van der Waals surface area contributed by atoms with Crippen LogP contribution in [0, 0.1) is 12.7 Å². The first kappa shape index (κ1) is 15.2. The van der Waals surface area contributed by atoms with Crippen molar-refractivity contribution in [3.63, 3.8) is 0 Å². The van der Waals surface area contributed by atoms with Gasteiger partial charge in [-0.15, -0.1) is 0 Å². The summed E-state index contributed by atoms with van der Waals surface area (Å²) in [5.74, 6) is -0.102. The maximum absolute atomic E-state index is 13.7. The van der Waals surface area contributed by atoms with Crippen LogP contribution in [0.4, 0.5) is 4.39 Å². The molecule has 1 atom stereocenters. The summed E-state index contributed by atoms with van der Waals surface area (Å²) in [5, 5.41) is 3.55. The zero-order chi connectivity index (χ0) is 15.4. The summed E-state index contributed by atoms with van der Waals surface area (Å²) in [6.07, 6.45) is 0.877. The first-order valence-electron chi connectivity index (χ1n) is 7.95. The Bertz CT molecular complexity index is 612. The highest BCUT2D eigenvalue weighted by Crippen LogP contribution is 2.14. The smallest absolute Gasteiger partial charge is 0.126 e. The molecule has 3 heteroatoms. The fraction of sp³-hybridized carbons (Fsp3) is 0.368. The molecule has 2 nitrogen and oxygen atoms in total. The van der Waals surface area contributed by atoms with Crippen molar-refractivity contribution in [3.05, 3.63) is 71.0 Å². The van der Waals surface area contributed by atoms with Gasteiger partial charge in [-0.2, -0.15) is 0 Å². The van der Waals surface area contributed by atoms with E-state index in [-0.39, 0.29) is 5.82 Å². The summed E-state index contributed by atoms with van der Waals surface area (Å²) in [6, 6.07) is 16.5. The van der Waals surface area contributed by atoms with E-state index >= 15 is 0 Å². The molecular weight excluding hydrogens is 275 g/mol. The lowest BCUT2D eigenvalue weighted by molar-refractivity contribution is 0.192. The quantitative estimate of drug-likeness (QED) is 0.933. The molecule has 1 aliphatic rings. The summed E-state index contributed by atoms with van der Waals surface area (Å²) >= 11 is 0. The lowest BCUT2D eigenvalue weighted by atomic mass is 10.0. The lowest BCUT2D eigenvalue weighted by Crippen LogP contribution is -2.51. The minimum absolute atomic E-state index is 0.102. The van der Waals surface area contributed by atoms with Crippen molar-refractivity contribution >= 4 is 0 Å². The Balaban J connectivity index is 1.59. The molecule has 0 radical (unpaired) electrons. The maximum atomic E-state index is 13.7. The van der Waals surface area contributed by atoms with E-state index in [0.717, 1.165) is 38.2 Å². The number of piperazine rings is 1. The van der Waals surface area contributed by atoms with Crippen LogP contribution in [0.3, 0.4) is 0 Å². The molecule has 0 spiro atoms. The van der Waals surface area contributed by atoms with Gasteiger partial charge >= 0.3 is 0 Å². The van der Waals surface area contributed by atoms with Crippen LogP contribution in [-0.4, -0.2) is 30.6 Å². The molecule has 1 aliphatic heterocycles. The largest absolute Gasteiger partial charge is 0.311 e. The Hall–Kier alpha value is -1.71. The van der Waals surface area contributed by atoms with Crippen LogP contribution in [0.15, 0.2) is 48.5 Å². The molecular formula is C19H23FN2. The fourth-order valence-corrected chi connectivity index (χ4v) is 3.06. The highest BCUT2D eigenvalue weighted by Gasteiger charge is 2.19. The van der Waals surface area contributed by atoms with Crippen molar-refractivity contribution < 1.29 is 4.39 Å². The van der Waals surface area contributed by atoms with Gasteiger partial charge in [-0.1, -0.05) is 42.5 Å². The van der Waals surface area contributed by atoms with E-state index in [0.29, 0.717) is 11.6 Å². The second-order valence-corrected chi connectivity index (χ2v) is 6.16. The summed E-state index contributed by atoms with van der Waals surface area (Å²) in [7, 11) is 0. The topological polar surface area (TPSA) is 15.3 Å². The van der Waals surface area contributed by atoms with Crippen molar-refractivity contribution in [1.29, 1.82) is 0 Å². The van der Waals surface area contributed by atoms with Gasteiger partial charge in [0.2, 0.25) is 0 Å². The number of halogens is 1. The average Bonchev–Trinajstić information content (AvgIpc) is 2.52. The van der Waals surface area contributed by atoms with Crippen molar-refractivity contribution in [2.24, 2.45) is 0 Å². The summed E-state index contributed by atoms with van der Waals surface area (Å²) < 4.78 is 13.7. The van der Waals surface area contributed by atoms with Gasteiger partial charge in [0.1, 0.15) is 5.82 Å². The number of rotatable bonds is 4. The van der Waals surface area contributed by atoms with Gasteiger partial charge in [0.25, 0.3) is 0 Å². The Labute approximate surface area is 132 Å². The van der Waals surface area contributed by atoms with E-state index in [9.17, 15) is 4.39 Å². The number of benzene rings is 2. The molecule has 0 aromatic heterocycles. The third-order valence-corrected chi connectivity index (χ3v) is 4.31. The third-order valence-electron chi connectivity index (χ3n) is 4.31. The number of nitrogens with one attached hydrogen (secondary N) is 1. The molecule has 1 N–H and O–H groups in total. The van der Waals surface area contributed by atoms with Crippen molar-refractivity contribution in [3.8, 4) is 0 Å². The molecule has 3 rings (SSSR count). The van der Waals surface area contributed by atoms with E-state index in [2.05, 4.69) is 40.5 Å². The minimum Gasteiger partial charge on any atom is -0.311 e. The molecule has 1 heterocycles. The predicted molar refractivity (Wildman–Crippen MR) is 88.4 cm³/mol. The van der Waals surface area contributed by atoms with E-state index in [4.69, 9.17) is 0 Å². The standard InChI is InChI=1S/C19H23FN2/c1-15-7-8-17(12-19(15)20)11-18-14-22(10-9-21-18)13-16-5-3-2-4-6-16/h2-8,12,18,21H,9-11,13-14H2,1H3/t18-/m1/s1. The molecule has 1 saturated heterocycles. The summed E-state index contributed by atoms with van der Waals surface area (Å²) in [5.41, 5.74) is 3.14. The lowest BCUT2D eigenvalue weighted by Gasteiger charge is -2.34. The molecule has 0 bridgehead atoms. The summed E-state index contributed by atoms with van der Waals surface area (Å²) in [6.45, 7) is 5.85. The molecule has 2 aromatic carbocycles. The van der Waals surface area contributed by atoms with Gasteiger partial charge in [0.15, 0.2) is 0 Å². The SMILES string of the molecule is Cc1ccc(C[C@@H]2CN(Cc3ccccc3)CCN2)cc1F. The van der Waals surface area contributed by atoms with Gasteiger partial charge < -0.3 is 5.32 Å². The zero-order valence-electron chi connectivity index (χ0n) is 13.1. The fourth-order valence-electron chi connectivity index (χ4n) is 3.06. The van der Waals surface area contributed by atoms with Crippen LogP contribution in [0.2, 0.25) is 0 Å². The number of hydrogen-bond donors (Lipinski definition) is 1. The molecule has 2 aromatic rings. The molecule has 0 amide bonds. The molecule has 22 heavy (non-hydrogen) atoms. The monoisotopic (exact) mass is 298 g/mol. The van der Waals surface area contributed by atoms with Gasteiger partial charge in [0, 0.05) is 32.2 Å². The predicted octanol–water partition coefficient (Wildman–Crippen LogP) is 3.15. The molecule has 0 saturated carbocycles. The number of nitrogens with zero attached hydrogens (tertiary/aromatic N) is 1.